The number of pyridine rings is 1. The van der Waals surface area contributed by atoms with E-state index in [4.69, 9.17) is 9.47 Å². The predicted molar refractivity (Wildman–Crippen MR) is 92.3 cm³/mol. The molecule has 0 aromatic carbocycles. The Bertz CT molecular complexity index is 591. The van der Waals surface area contributed by atoms with Crippen LogP contribution in [-0.4, -0.2) is 54.1 Å². The second-order valence-corrected chi connectivity index (χ2v) is 6.60. The molecule has 2 aliphatic heterocycles. The number of nitrogens with one attached hydrogen (secondary N) is 1. The van der Waals surface area contributed by atoms with Crippen molar-refractivity contribution in [2.75, 3.05) is 31.6 Å². The van der Waals surface area contributed by atoms with E-state index in [1.807, 2.05) is 4.90 Å². The van der Waals surface area contributed by atoms with Crippen LogP contribution in [0.5, 0.6) is 5.88 Å². The Hall–Kier alpha value is -2.15. The number of hydrogen-bond acceptors (Lipinski definition) is 5. The van der Waals surface area contributed by atoms with Crippen LogP contribution in [0, 0.1) is 5.92 Å². The molecule has 0 radical (unpaired) electrons. The van der Waals surface area contributed by atoms with Gasteiger partial charge in [0.05, 0.1) is 11.9 Å². The Kier molecular flexibility index (Phi) is 5.86. The molecular formula is C18H25N3O4. The van der Waals surface area contributed by atoms with Crippen molar-refractivity contribution in [3.63, 3.8) is 0 Å². The fourth-order valence-corrected chi connectivity index (χ4v) is 3.29. The first-order valence-corrected chi connectivity index (χ1v) is 8.88. The van der Waals surface area contributed by atoms with E-state index in [1.54, 1.807) is 18.3 Å². The van der Waals surface area contributed by atoms with Crippen LogP contribution in [0.25, 0.3) is 0 Å². The molecule has 0 aliphatic carbocycles. The molecule has 0 saturated carbocycles. The normalized spacial score (nSPS) is 19.5. The third-order valence-corrected chi connectivity index (χ3v) is 4.67. The lowest BCUT2D eigenvalue weighted by Crippen LogP contribution is -2.45. The second kappa shape index (κ2) is 8.29. The van der Waals surface area contributed by atoms with Gasteiger partial charge in [-0.15, -0.1) is 0 Å². The minimum atomic E-state index is -0.128. The number of carbonyl (C=O) groups is 2. The van der Waals surface area contributed by atoms with Gasteiger partial charge in [0, 0.05) is 58.1 Å². The summed E-state index contributed by atoms with van der Waals surface area (Å²) in [5.74, 6) is 0.800. The Balaban J connectivity index is 1.45. The highest BCUT2D eigenvalue weighted by molar-refractivity contribution is 5.88. The number of carbonyl (C=O) groups excluding carboxylic acids is 2. The van der Waals surface area contributed by atoms with Crippen LogP contribution in [0.1, 0.15) is 32.6 Å². The van der Waals surface area contributed by atoms with Gasteiger partial charge in [-0.2, -0.15) is 0 Å². The summed E-state index contributed by atoms with van der Waals surface area (Å²) >= 11 is 0. The van der Waals surface area contributed by atoms with Crippen LogP contribution in [0.2, 0.25) is 0 Å². The SMILES string of the molecule is CC(=O)Nc1ccc(OC2CCN(C(=O)C3CCOCC3)CC2)nc1. The third-order valence-electron chi connectivity index (χ3n) is 4.67. The molecule has 3 rings (SSSR count). The molecule has 7 heteroatoms. The van der Waals surface area contributed by atoms with Crippen LogP contribution in [-0.2, 0) is 14.3 Å². The van der Waals surface area contributed by atoms with E-state index in [0.29, 0.717) is 24.8 Å². The van der Waals surface area contributed by atoms with Crippen LogP contribution < -0.4 is 10.1 Å². The maximum Gasteiger partial charge on any atom is 0.225 e. The summed E-state index contributed by atoms with van der Waals surface area (Å²) < 4.78 is 11.2. The monoisotopic (exact) mass is 347 g/mol. The summed E-state index contributed by atoms with van der Waals surface area (Å²) in [7, 11) is 0. The summed E-state index contributed by atoms with van der Waals surface area (Å²) in [6.07, 6.45) is 4.94. The summed E-state index contributed by atoms with van der Waals surface area (Å²) in [6.45, 7) is 4.29. The fraction of sp³-hybridized carbons (Fsp3) is 0.611. The standard InChI is InChI=1S/C18H25N3O4/c1-13(22)20-15-2-3-17(19-12-15)25-16-4-8-21(9-5-16)18(23)14-6-10-24-11-7-14/h2-3,12,14,16H,4-11H2,1H3,(H,20,22). The van der Waals surface area contributed by atoms with Crippen LogP contribution in [0.15, 0.2) is 18.3 Å². The zero-order chi connectivity index (χ0) is 17.6. The number of anilines is 1. The average molecular weight is 347 g/mol. The quantitative estimate of drug-likeness (QED) is 0.899. The Morgan fingerprint density at radius 1 is 1.20 bits per heavy atom. The zero-order valence-corrected chi connectivity index (χ0v) is 14.6. The van der Waals surface area contributed by atoms with Gasteiger partial charge in [0.15, 0.2) is 0 Å². The Morgan fingerprint density at radius 2 is 1.92 bits per heavy atom. The number of ether oxygens (including phenoxy) is 2. The first-order valence-electron chi connectivity index (χ1n) is 8.88. The van der Waals surface area contributed by atoms with Gasteiger partial charge in [-0.3, -0.25) is 9.59 Å². The number of nitrogens with zero attached hydrogens (tertiary/aromatic N) is 2. The number of piperidine rings is 1. The first kappa shape index (κ1) is 17.7. The van der Waals surface area contributed by atoms with Crippen molar-refractivity contribution in [2.45, 2.75) is 38.7 Å². The molecule has 0 spiro atoms. The van der Waals surface area contributed by atoms with Crippen molar-refractivity contribution < 1.29 is 19.1 Å². The lowest BCUT2D eigenvalue weighted by Gasteiger charge is -2.35. The highest BCUT2D eigenvalue weighted by Crippen LogP contribution is 2.23. The lowest BCUT2D eigenvalue weighted by atomic mass is 9.97. The molecule has 2 aliphatic rings. The molecule has 136 valence electrons. The molecule has 0 atom stereocenters. The largest absolute Gasteiger partial charge is 0.474 e. The molecule has 0 bridgehead atoms. The van der Waals surface area contributed by atoms with Gasteiger partial charge in [0.2, 0.25) is 17.7 Å². The van der Waals surface area contributed by atoms with Crippen molar-refractivity contribution in [1.29, 1.82) is 0 Å². The molecule has 3 heterocycles. The van der Waals surface area contributed by atoms with Crippen LogP contribution in [0.4, 0.5) is 5.69 Å². The fourth-order valence-electron chi connectivity index (χ4n) is 3.29. The third kappa shape index (κ3) is 4.92. The molecule has 2 amide bonds. The Labute approximate surface area is 147 Å². The number of aromatic nitrogens is 1. The number of rotatable bonds is 4. The molecule has 1 aromatic heterocycles. The van der Waals surface area contributed by atoms with E-state index in [1.165, 1.54) is 6.92 Å². The van der Waals surface area contributed by atoms with Gasteiger partial charge in [-0.1, -0.05) is 0 Å². The summed E-state index contributed by atoms with van der Waals surface area (Å²) in [6, 6.07) is 3.53. The summed E-state index contributed by atoms with van der Waals surface area (Å²) in [5, 5.41) is 2.67. The minimum absolute atomic E-state index is 0.0675. The second-order valence-electron chi connectivity index (χ2n) is 6.60. The highest BCUT2D eigenvalue weighted by Gasteiger charge is 2.30. The van der Waals surface area contributed by atoms with Crippen LogP contribution in [0.3, 0.4) is 0 Å². The van der Waals surface area contributed by atoms with Gasteiger partial charge in [-0.25, -0.2) is 4.98 Å². The maximum atomic E-state index is 12.5. The molecule has 1 N–H and O–H groups in total. The van der Waals surface area contributed by atoms with Crippen molar-refractivity contribution >= 4 is 17.5 Å². The van der Waals surface area contributed by atoms with Gasteiger partial charge in [0.1, 0.15) is 6.10 Å². The predicted octanol–water partition coefficient (Wildman–Crippen LogP) is 1.84. The van der Waals surface area contributed by atoms with Gasteiger partial charge in [-0.05, 0) is 18.9 Å². The topological polar surface area (TPSA) is 80.8 Å². The van der Waals surface area contributed by atoms with Gasteiger partial charge >= 0.3 is 0 Å². The van der Waals surface area contributed by atoms with Gasteiger partial charge in [0.25, 0.3) is 0 Å². The molecule has 0 unspecified atom stereocenters. The van der Waals surface area contributed by atoms with E-state index in [-0.39, 0.29) is 23.8 Å². The van der Waals surface area contributed by atoms with E-state index in [0.717, 1.165) is 38.8 Å². The summed E-state index contributed by atoms with van der Waals surface area (Å²) in [4.78, 5) is 29.7. The Morgan fingerprint density at radius 3 is 2.52 bits per heavy atom. The van der Waals surface area contributed by atoms with E-state index < -0.39 is 0 Å². The lowest BCUT2D eigenvalue weighted by molar-refractivity contribution is -0.140. The molecule has 7 nitrogen and oxygen atoms in total. The summed E-state index contributed by atoms with van der Waals surface area (Å²) in [5.41, 5.74) is 0.650. The van der Waals surface area contributed by atoms with Crippen molar-refractivity contribution in [1.82, 2.24) is 9.88 Å². The number of amides is 2. The van der Waals surface area contributed by atoms with Crippen molar-refractivity contribution in [2.24, 2.45) is 5.92 Å². The molecule has 2 fully saturated rings. The zero-order valence-electron chi connectivity index (χ0n) is 14.6. The van der Waals surface area contributed by atoms with Crippen LogP contribution >= 0.6 is 0 Å². The van der Waals surface area contributed by atoms with Crippen molar-refractivity contribution in [3.8, 4) is 5.88 Å². The smallest absolute Gasteiger partial charge is 0.225 e. The van der Waals surface area contributed by atoms with Crippen molar-refractivity contribution in [3.05, 3.63) is 18.3 Å². The molecule has 25 heavy (non-hydrogen) atoms. The van der Waals surface area contributed by atoms with E-state index in [9.17, 15) is 9.59 Å². The van der Waals surface area contributed by atoms with E-state index >= 15 is 0 Å². The first-order chi connectivity index (χ1) is 12.1. The number of likely N-dealkylation sites (tertiary alicyclic amines) is 1. The molecule has 2 saturated heterocycles. The maximum absolute atomic E-state index is 12.5. The molecular weight excluding hydrogens is 322 g/mol. The average Bonchev–Trinajstić information content (AvgIpc) is 2.64. The van der Waals surface area contributed by atoms with E-state index in [2.05, 4.69) is 10.3 Å². The number of hydrogen-bond donors (Lipinski definition) is 1. The van der Waals surface area contributed by atoms with Gasteiger partial charge < -0.3 is 19.7 Å². The molecule has 1 aromatic rings. The minimum Gasteiger partial charge on any atom is -0.474 e. The highest BCUT2D eigenvalue weighted by atomic mass is 16.5.